The Balaban J connectivity index is 1.59. The van der Waals surface area contributed by atoms with Crippen LogP contribution < -0.4 is 15.8 Å². The molecule has 0 aliphatic carbocycles. The van der Waals surface area contributed by atoms with E-state index in [1.54, 1.807) is 47.8 Å². The second kappa shape index (κ2) is 8.24. The number of nitrogens with two attached hydrogens (primary N) is 1. The maximum atomic E-state index is 12.2. The zero-order valence-corrected chi connectivity index (χ0v) is 16.2. The lowest BCUT2D eigenvalue weighted by molar-refractivity contribution is -0.115. The van der Waals surface area contributed by atoms with Gasteiger partial charge in [-0.05, 0) is 53.4 Å². The van der Waals surface area contributed by atoms with E-state index in [1.807, 2.05) is 0 Å². The lowest BCUT2D eigenvalue weighted by Crippen LogP contribution is -2.15. The van der Waals surface area contributed by atoms with Crippen LogP contribution >= 0.6 is 11.3 Å². The molecule has 0 atom stereocenters. The molecule has 0 saturated carbocycles. The number of hydrogen-bond donors (Lipinski definition) is 3. The molecule has 144 valence electrons. The summed E-state index contributed by atoms with van der Waals surface area (Å²) in [6.45, 7) is 0. The number of sulfonamides is 1. The summed E-state index contributed by atoms with van der Waals surface area (Å²) >= 11 is 1.13. The standard InChI is InChI=1S/C19H17N3O4S2/c20-19(24)14-5-9-15(10-6-14)21-17(23)12-13-3-7-16(8-4-13)22-28(25,26)18-2-1-11-27-18/h1-11,22H,12H2,(H2,20,24)(H,21,23). The van der Waals surface area contributed by atoms with Crippen LogP contribution in [0.2, 0.25) is 0 Å². The van der Waals surface area contributed by atoms with Gasteiger partial charge in [0.05, 0.1) is 6.42 Å². The van der Waals surface area contributed by atoms with Crippen molar-refractivity contribution in [2.24, 2.45) is 5.73 Å². The zero-order chi connectivity index (χ0) is 20.1. The molecule has 9 heteroatoms. The van der Waals surface area contributed by atoms with E-state index < -0.39 is 15.9 Å². The van der Waals surface area contributed by atoms with Gasteiger partial charge in [-0.3, -0.25) is 14.3 Å². The quantitative estimate of drug-likeness (QED) is 0.550. The van der Waals surface area contributed by atoms with Crippen LogP contribution in [0.1, 0.15) is 15.9 Å². The summed E-state index contributed by atoms with van der Waals surface area (Å²) in [5, 5.41) is 4.42. The molecule has 0 radical (unpaired) electrons. The number of anilines is 2. The van der Waals surface area contributed by atoms with Crippen molar-refractivity contribution in [2.45, 2.75) is 10.6 Å². The van der Waals surface area contributed by atoms with Crippen LogP contribution in [0, 0.1) is 0 Å². The van der Waals surface area contributed by atoms with Gasteiger partial charge in [0.25, 0.3) is 10.0 Å². The Bertz CT molecular complexity index is 1080. The molecular formula is C19H17N3O4S2. The van der Waals surface area contributed by atoms with Crippen LogP contribution in [0.3, 0.4) is 0 Å². The molecule has 4 N–H and O–H groups in total. The second-order valence-corrected chi connectivity index (χ2v) is 8.76. The van der Waals surface area contributed by atoms with Gasteiger partial charge < -0.3 is 11.1 Å². The topological polar surface area (TPSA) is 118 Å². The summed E-state index contributed by atoms with van der Waals surface area (Å²) < 4.78 is 27.1. The van der Waals surface area contributed by atoms with E-state index in [0.717, 1.165) is 16.9 Å². The van der Waals surface area contributed by atoms with Crippen molar-refractivity contribution in [3.8, 4) is 0 Å². The Morgan fingerprint density at radius 1 is 0.929 bits per heavy atom. The summed E-state index contributed by atoms with van der Waals surface area (Å²) in [6.07, 6.45) is 0.121. The lowest BCUT2D eigenvalue weighted by atomic mass is 10.1. The Morgan fingerprint density at radius 3 is 2.14 bits per heavy atom. The SMILES string of the molecule is NC(=O)c1ccc(NC(=O)Cc2ccc(NS(=O)(=O)c3cccs3)cc2)cc1. The third-order valence-electron chi connectivity index (χ3n) is 3.78. The molecule has 7 nitrogen and oxygen atoms in total. The van der Waals surface area contributed by atoms with Crippen LogP contribution in [-0.2, 0) is 21.2 Å². The van der Waals surface area contributed by atoms with Crippen molar-refractivity contribution < 1.29 is 18.0 Å². The molecule has 3 aromatic rings. The van der Waals surface area contributed by atoms with Gasteiger partial charge in [-0.1, -0.05) is 18.2 Å². The van der Waals surface area contributed by atoms with Crippen molar-refractivity contribution in [3.63, 3.8) is 0 Å². The number of benzene rings is 2. The fraction of sp³-hybridized carbons (Fsp3) is 0.0526. The van der Waals surface area contributed by atoms with Crippen molar-refractivity contribution in [3.05, 3.63) is 77.2 Å². The molecule has 0 unspecified atom stereocenters. The molecule has 0 fully saturated rings. The molecule has 0 aliphatic heterocycles. The Kier molecular flexibility index (Phi) is 5.76. The summed E-state index contributed by atoms with van der Waals surface area (Å²) in [5.74, 6) is -0.772. The summed E-state index contributed by atoms with van der Waals surface area (Å²) in [7, 11) is -3.60. The number of rotatable bonds is 7. The Morgan fingerprint density at radius 2 is 1.57 bits per heavy atom. The maximum absolute atomic E-state index is 12.2. The van der Waals surface area contributed by atoms with Crippen molar-refractivity contribution in [1.82, 2.24) is 0 Å². The highest BCUT2D eigenvalue weighted by Crippen LogP contribution is 2.20. The van der Waals surface area contributed by atoms with E-state index in [-0.39, 0.29) is 16.5 Å². The van der Waals surface area contributed by atoms with Crippen LogP contribution in [0.25, 0.3) is 0 Å². The summed E-state index contributed by atoms with van der Waals surface area (Å²) in [6, 6.07) is 16.0. The number of carbonyl (C=O) groups excluding carboxylic acids is 2. The van der Waals surface area contributed by atoms with E-state index in [4.69, 9.17) is 5.73 Å². The van der Waals surface area contributed by atoms with Gasteiger partial charge in [-0.25, -0.2) is 8.42 Å². The molecule has 0 aliphatic rings. The number of primary amides is 1. The molecule has 0 bridgehead atoms. The van der Waals surface area contributed by atoms with Crippen molar-refractivity contribution in [1.29, 1.82) is 0 Å². The zero-order valence-electron chi connectivity index (χ0n) is 14.6. The second-order valence-electron chi connectivity index (χ2n) is 5.90. The first-order chi connectivity index (χ1) is 13.3. The fourth-order valence-corrected chi connectivity index (χ4v) is 4.47. The monoisotopic (exact) mass is 415 g/mol. The average Bonchev–Trinajstić information content (AvgIpc) is 3.19. The van der Waals surface area contributed by atoms with Gasteiger partial charge in [0.2, 0.25) is 11.8 Å². The smallest absolute Gasteiger partial charge is 0.271 e. The lowest BCUT2D eigenvalue weighted by Gasteiger charge is -2.08. The largest absolute Gasteiger partial charge is 0.366 e. The minimum absolute atomic E-state index is 0.121. The summed E-state index contributed by atoms with van der Waals surface area (Å²) in [5.41, 5.74) is 7.23. The van der Waals surface area contributed by atoms with Gasteiger partial charge in [0.1, 0.15) is 4.21 Å². The predicted molar refractivity (Wildman–Crippen MR) is 109 cm³/mol. The number of carbonyl (C=O) groups is 2. The first-order valence-corrected chi connectivity index (χ1v) is 10.5. The first-order valence-electron chi connectivity index (χ1n) is 8.18. The number of amides is 2. The molecular weight excluding hydrogens is 398 g/mol. The molecule has 2 amide bonds. The number of nitrogens with one attached hydrogen (secondary N) is 2. The van der Waals surface area contributed by atoms with E-state index in [9.17, 15) is 18.0 Å². The number of hydrogen-bond acceptors (Lipinski definition) is 5. The van der Waals surface area contributed by atoms with E-state index in [1.165, 1.54) is 18.2 Å². The highest BCUT2D eigenvalue weighted by Gasteiger charge is 2.15. The maximum Gasteiger partial charge on any atom is 0.271 e. The average molecular weight is 415 g/mol. The Hall–Kier alpha value is -3.17. The van der Waals surface area contributed by atoms with E-state index in [2.05, 4.69) is 10.0 Å². The van der Waals surface area contributed by atoms with Crippen LogP contribution in [-0.4, -0.2) is 20.2 Å². The van der Waals surface area contributed by atoms with Gasteiger partial charge >= 0.3 is 0 Å². The molecule has 1 aromatic heterocycles. The normalized spacial score (nSPS) is 11.0. The molecule has 0 saturated heterocycles. The van der Waals surface area contributed by atoms with Gasteiger partial charge in [-0.15, -0.1) is 11.3 Å². The molecule has 1 heterocycles. The fourth-order valence-electron chi connectivity index (χ4n) is 2.42. The van der Waals surface area contributed by atoms with Crippen LogP contribution in [0.4, 0.5) is 11.4 Å². The van der Waals surface area contributed by atoms with E-state index in [0.29, 0.717) is 16.9 Å². The molecule has 3 rings (SSSR count). The van der Waals surface area contributed by atoms with E-state index >= 15 is 0 Å². The van der Waals surface area contributed by atoms with Crippen molar-refractivity contribution >= 4 is 44.5 Å². The third-order valence-corrected chi connectivity index (χ3v) is 6.56. The highest BCUT2D eigenvalue weighted by atomic mass is 32.2. The van der Waals surface area contributed by atoms with Crippen LogP contribution in [0.5, 0.6) is 0 Å². The molecule has 0 spiro atoms. The summed E-state index contributed by atoms with van der Waals surface area (Å²) in [4.78, 5) is 23.2. The highest BCUT2D eigenvalue weighted by molar-refractivity contribution is 7.94. The van der Waals surface area contributed by atoms with Gasteiger partial charge in [0, 0.05) is 16.9 Å². The molecule has 2 aromatic carbocycles. The van der Waals surface area contributed by atoms with Gasteiger partial charge in [-0.2, -0.15) is 0 Å². The number of thiophene rings is 1. The first kappa shape index (κ1) is 19.6. The van der Waals surface area contributed by atoms with Gasteiger partial charge in [0.15, 0.2) is 0 Å². The van der Waals surface area contributed by atoms with Crippen LogP contribution in [0.15, 0.2) is 70.3 Å². The third kappa shape index (κ3) is 4.96. The minimum Gasteiger partial charge on any atom is -0.366 e. The molecule has 28 heavy (non-hydrogen) atoms. The Labute approximate surface area is 166 Å². The predicted octanol–water partition coefficient (Wildman–Crippen LogP) is 2.83. The van der Waals surface area contributed by atoms with Crippen molar-refractivity contribution in [2.75, 3.05) is 10.0 Å². The minimum atomic E-state index is -3.60.